The van der Waals surface area contributed by atoms with Crippen LogP contribution < -0.4 is 4.90 Å². The molecule has 0 aliphatic rings. The summed E-state index contributed by atoms with van der Waals surface area (Å²) in [4.78, 5) is 2.44. The predicted octanol–water partition coefficient (Wildman–Crippen LogP) is 10.3. The zero-order valence-electron chi connectivity index (χ0n) is 19.6. The van der Waals surface area contributed by atoms with E-state index in [2.05, 4.69) is 144 Å². The van der Waals surface area contributed by atoms with Crippen LogP contribution in [0.2, 0.25) is 0 Å². The number of para-hydroxylation sites is 1. The van der Waals surface area contributed by atoms with Crippen molar-refractivity contribution >= 4 is 59.3 Å². The summed E-state index contributed by atoms with van der Waals surface area (Å²) in [5.41, 5.74) is 5.96. The fraction of sp³-hybridized carbons (Fsp3) is 0. The van der Waals surface area contributed by atoms with Crippen molar-refractivity contribution in [2.24, 2.45) is 0 Å². The number of fused-ring (bicyclic) bond motifs is 4. The maximum atomic E-state index is 2.44. The molecule has 0 saturated heterocycles. The van der Waals surface area contributed by atoms with Crippen molar-refractivity contribution in [3.63, 3.8) is 0 Å². The quantitative estimate of drug-likeness (QED) is 0.244. The first-order valence-electron chi connectivity index (χ1n) is 12.2. The molecule has 1 nitrogen and oxygen atoms in total. The first-order chi connectivity index (χ1) is 17.9. The van der Waals surface area contributed by atoms with Crippen LogP contribution in [0, 0.1) is 0 Å². The number of nitrogens with zero attached hydrogens (tertiary/aromatic N) is 1. The molecule has 7 rings (SSSR count). The van der Waals surface area contributed by atoms with Gasteiger partial charge in [-0.05, 0) is 52.7 Å². The van der Waals surface area contributed by atoms with Gasteiger partial charge >= 0.3 is 0 Å². The van der Waals surface area contributed by atoms with Gasteiger partial charge in [0.2, 0.25) is 0 Å². The van der Waals surface area contributed by atoms with Gasteiger partial charge in [0.25, 0.3) is 0 Å². The predicted molar refractivity (Wildman–Crippen MR) is 157 cm³/mol. The Hall–Kier alpha value is -4.40. The molecule has 170 valence electrons. The lowest BCUT2D eigenvalue weighted by atomic mass is 9.97. The van der Waals surface area contributed by atoms with Crippen LogP contribution in [0.3, 0.4) is 0 Å². The van der Waals surface area contributed by atoms with Gasteiger partial charge in [-0.1, -0.05) is 103 Å². The van der Waals surface area contributed by atoms with Crippen LogP contribution in [0.15, 0.2) is 140 Å². The molecule has 0 unspecified atom stereocenters. The van der Waals surface area contributed by atoms with Crippen LogP contribution in [0.1, 0.15) is 0 Å². The molecule has 6 aromatic carbocycles. The standard InChI is InChI=1S/C34H23NS/c1-3-12-24(13-4-1)30-22-25-14-7-8-15-26(25)23-32(30)35(27-16-5-2-6-17-27)31-20-11-19-29-28-18-9-10-21-33(28)36-34(29)31/h1-23H. The Morgan fingerprint density at radius 1 is 0.472 bits per heavy atom. The molecular weight excluding hydrogens is 454 g/mol. The van der Waals surface area contributed by atoms with Crippen molar-refractivity contribution in [3.8, 4) is 11.1 Å². The van der Waals surface area contributed by atoms with Gasteiger partial charge in [0.1, 0.15) is 0 Å². The monoisotopic (exact) mass is 477 g/mol. The molecule has 0 bridgehead atoms. The third-order valence-corrected chi connectivity index (χ3v) is 8.04. The largest absolute Gasteiger partial charge is 0.308 e. The van der Waals surface area contributed by atoms with Crippen LogP contribution >= 0.6 is 11.3 Å². The summed E-state index contributed by atoms with van der Waals surface area (Å²) in [6, 6.07) is 50.2. The maximum Gasteiger partial charge on any atom is 0.0640 e. The zero-order valence-corrected chi connectivity index (χ0v) is 20.5. The van der Waals surface area contributed by atoms with Gasteiger partial charge in [-0.25, -0.2) is 0 Å². The highest BCUT2D eigenvalue weighted by molar-refractivity contribution is 7.26. The minimum atomic E-state index is 1.15. The van der Waals surface area contributed by atoms with E-state index in [1.165, 1.54) is 53.4 Å². The molecule has 7 aromatic rings. The number of hydrogen-bond acceptors (Lipinski definition) is 2. The Kier molecular flexibility index (Phi) is 5.04. The summed E-state index contributed by atoms with van der Waals surface area (Å²) in [5, 5.41) is 5.09. The van der Waals surface area contributed by atoms with Gasteiger partial charge in [0.15, 0.2) is 0 Å². The highest BCUT2D eigenvalue weighted by atomic mass is 32.1. The third kappa shape index (κ3) is 3.46. The minimum absolute atomic E-state index is 1.15. The van der Waals surface area contributed by atoms with Crippen LogP contribution in [0.25, 0.3) is 42.1 Å². The van der Waals surface area contributed by atoms with E-state index in [0.29, 0.717) is 0 Å². The highest BCUT2D eigenvalue weighted by Crippen LogP contribution is 2.47. The normalized spacial score (nSPS) is 11.3. The van der Waals surface area contributed by atoms with E-state index in [-0.39, 0.29) is 0 Å². The van der Waals surface area contributed by atoms with E-state index in [9.17, 15) is 0 Å². The molecule has 0 saturated carbocycles. The first kappa shape index (κ1) is 20.9. The Morgan fingerprint density at radius 2 is 1.11 bits per heavy atom. The Bertz CT molecular complexity index is 1830. The number of anilines is 3. The maximum absolute atomic E-state index is 2.44. The second-order valence-corrected chi connectivity index (χ2v) is 10.1. The molecule has 0 spiro atoms. The van der Waals surface area contributed by atoms with Crippen LogP contribution in [-0.4, -0.2) is 0 Å². The fourth-order valence-electron chi connectivity index (χ4n) is 5.16. The highest BCUT2D eigenvalue weighted by Gasteiger charge is 2.21. The molecule has 2 heteroatoms. The Labute approximate surface area is 214 Å². The molecular formula is C34H23NS. The topological polar surface area (TPSA) is 3.24 Å². The van der Waals surface area contributed by atoms with Crippen LogP contribution in [-0.2, 0) is 0 Å². The first-order valence-corrected chi connectivity index (χ1v) is 13.0. The fourth-order valence-corrected chi connectivity index (χ4v) is 6.36. The average molecular weight is 478 g/mol. The van der Waals surface area contributed by atoms with Gasteiger partial charge in [-0.3, -0.25) is 0 Å². The molecule has 0 aliphatic heterocycles. The van der Waals surface area contributed by atoms with Crippen LogP contribution in [0.5, 0.6) is 0 Å². The molecule has 0 N–H and O–H groups in total. The van der Waals surface area contributed by atoms with E-state index in [4.69, 9.17) is 0 Å². The van der Waals surface area contributed by atoms with Gasteiger partial charge in [0.05, 0.1) is 16.1 Å². The smallest absolute Gasteiger partial charge is 0.0640 e. The average Bonchev–Trinajstić information content (AvgIpc) is 3.33. The van der Waals surface area contributed by atoms with E-state index >= 15 is 0 Å². The second kappa shape index (κ2) is 8.67. The number of thiophene rings is 1. The molecule has 36 heavy (non-hydrogen) atoms. The molecule has 0 atom stereocenters. The third-order valence-electron chi connectivity index (χ3n) is 6.83. The van der Waals surface area contributed by atoms with E-state index in [1.54, 1.807) is 0 Å². The Balaban J connectivity index is 1.59. The zero-order chi connectivity index (χ0) is 23.9. The van der Waals surface area contributed by atoms with Crippen molar-refractivity contribution in [2.75, 3.05) is 4.90 Å². The van der Waals surface area contributed by atoms with Crippen molar-refractivity contribution in [3.05, 3.63) is 140 Å². The summed E-state index contributed by atoms with van der Waals surface area (Å²) in [6.07, 6.45) is 0. The van der Waals surface area contributed by atoms with Gasteiger partial charge in [-0.2, -0.15) is 0 Å². The molecule has 0 amide bonds. The van der Waals surface area contributed by atoms with Crippen molar-refractivity contribution in [2.45, 2.75) is 0 Å². The molecule has 1 heterocycles. The molecule has 0 fully saturated rings. The van der Waals surface area contributed by atoms with E-state index < -0.39 is 0 Å². The van der Waals surface area contributed by atoms with Crippen LogP contribution in [0.4, 0.5) is 17.1 Å². The lowest BCUT2D eigenvalue weighted by Gasteiger charge is -2.29. The van der Waals surface area contributed by atoms with E-state index in [1.807, 2.05) is 11.3 Å². The van der Waals surface area contributed by atoms with Crippen molar-refractivity contribution in [1.29, 1.82) is 0 Å². The second-order valence-electron chi connectivity index (χ2n) is 9.01. The van der Waals surface area contributed by atoms with Gasteiger partial charge in [-0.15, -0.1) is 11.3 Å². The Morgan fingerprint density at radius 3 is 1.92 bits per heavy atom. The summed E-state index contributed by atoms with van der Waals surface area (Å²) < 4.78 is 2.62. The van der Waals surface area contributed by atoms with Crippen molar-refractivity contribution in [1.82, 2.24) is 0 Å². The molecule has 0 aliphatic carbocycles. The lowest BCUT2D eigenvalue weighted by molar-refractivity contribution is 1.31. The summed E-state index contributed by atoms with van der Waals surface area (Å²) in [5.74, 6) is 0. The molecule has 1 aromatic heterocycles. The van der Waals surface area contributed by atoms with Gasteiger partial charge < -0.3 is 4.90 Å². The summed E-state index contributed by atoms with van der Waals surface area (Å²) in [6.45, 7) is 0. The summed E-state index contributed by atoms with van der Waals surface area (Å²) in [7, 11) is 0. The number of benzene rings is 6. The lowest BCUT2D eigenvalue weighted by Crippen LogP contribution is -2.11. The minimum Gasteiger partial charge on any atom is -0.308 e. The summed E-state index contributed by atoms with van der Waals surface area (Å²) >= 11 is 1.87. The number of hydrogen-bond donors (Lipinski definition) is 0. The molecule has 0 radical (unpaired) electrons. The van der Waals surface area contributed by atoms with E-state index in [0.717, 1.165) is 5.69 Å². The SMILES string of the molecule is c1ccc(-c2cc3ccccc3cc2N(c2ccccc2)c2cccc3c2sc2ccccc23)cc1. The number of rotatable bonds is 4. The van der Waals surface area contributed by atoms with Crippen molar-refractivity contribution < 1.29 is 0 Å². The van der Waals surface area contributed by atoms with Gasteiger partial charge in [0, 0.05) is 26.7 Å².